The van der Waals surface area contributed by atoms with Gasteiger partial charge in [0.2, 0.25) is 5.91 Å². The number of aliphatic hydroxyl groups is 1. The van der Waals surface area contributed by atoms with Crippen molar-refractivity contribution >= 4 is 23.4 Å². The second kappa shape index (κ2) is 13.8. The van der Waals surface area contributed by atoms with Gasteiger partial charge in [-0.25, -0.2) is 0 Å². The van der Waals surface area contributed by atoms with Crippen molar-refractivity contribution in [3.8, 4) is 5.75 Å². The number of amides is 3. The predicted molar refractivity (Wildman–Crippen MR) is 158 cm³/mol. The van der Waals surface area contributed by atoms with Crippen LogP contribution in [0.3, 0.4) is 0 Å². The lowest BCUT2D eigenvalue weighted by Gasteiger charge is -2.41. The third-order valence-electron chi connectivity index (χ3n) is 7.29. The predicted octanol–water partition coefficient (Wildman–Crippen LogP) is 4.65. The lowest BCUT2D eigenvalue weighted by molar-refractivity contribution is -0.212. The Morgan fingerprint density at radius 2 is 1.61 bits per heavy atom. The van der Waals surface area contributed by atoms with Crippen molar-refractivity contribution in [3.63, 3.8) is 0 Å². The maximum absolute atomic E-state index is 14.1. The van der Waals surface area contributed by atoms with Gasteiger partial charge in [0.05, 0.1) is 18.8 Å². The van der Waals surface area contributed by atoms with E-state index in [9.17, 15) is 32.7 Å². The summed E-state index contributed by atoms with van der Waals surface area (Å²) < 4.78 is 46.1. The van der Waals surface area contributed by atoms with Crippen molar-refractivity contribution in [2.45, 2.75) is 44.6 Å². The Hall–Kier alpha value is -4.64. The van der Waals surface area contributed by atoms with Crippen molar-refractivity contribution in [2.75, 3.05) is 13.7 Å². The zero-order valence-corrected chi connectivity index (χ0v) is 24.5. The molecule has 4 rings (SSSR count). The number of aliphatic hydroxyl groups excluding tert-OH is 1. The molecule has 3 aromatic rings. The fraction of sp³-hybridized carbons (Fsp3) is 0.303. The van der Waals surface area contributed by atoms with Crippen LogP contribution in [0.15, 0.2) is 91.1 Å². The van der Waals surface area contributed by atoms with Crippen LogP contribution in [0.1, 0.15) is 35.3 Å². The molecule has 3 amide bonds. The van der Waals surface area contributed by atoms with Crippen molar-refractivity contribution < 1.29 is 37.4 Å². The number of nitrogens with one attached hydrogen (secondary N) is 1. The number of ether oxygens (including phenoxy) is 1. The quantitative estimate of drug-likeness (QED) is 0.349. The number of halogens is 3. The highest BCUT2D eigenvalue weighted by molar-refractivity contribution is 6.03. The summed E-state index contributed by atoms with van der Waals surface area (Å²) in [5, 5.41) is 12.4. The van der Waals surface area contributed by atoms with Gasteiger partial charge in [0.15, 0.2) is 6.10 Å². The fourth-order valence-electron chi connectivity index (χ4n) is 5.11. The molecule has 0 radical (unpaired) electrons. The van der Waals surface area contributed by atoms with E-state index in [4.69, 9.17) is 4.74 Å². The van der Waals surface area contributed by atoms with Crippen LogP contribution in [0.5, 0.6) is 5.75 Å². The van der Waals surface area contributed by atoms with Crippen molar-refractivity contribution in [1.82, 2.24) is 15.1 Å². The number of benzene rings is 3. The SMILES string of the molecule is COc1cccc(C2=CN(C(=O)c3ccccc3)C(C(C)C)C(=O)N2CC(=O)NC(Cc2ccccc2)C(O)C(F)(F)F)c1. The Morgan fingerprint density at radius 3 is 2.20 bits per heavy atom. The van der Waals surface area contributed by atoms with Crippen LogP contribution in [0.2, 0.25) is 0 Å². The molecular weight excluding hydrogens is 575 g/mol. The lowest BCUT2D eigenvalue weighted by Crippen LogP contribution is -2.58. The van der Waals surface area contributed by atoms with Gasteiger partial charge in [-0.1, -0.05) is 74.5 Å². The van der Waals surface area contributed by atoms with Gasteiger partial charge >= 0.3 is 6.18 Å². The molecule has 3 unspecified atom stereocenters. The summed E-state index contributed by atoms with van der Waals surface area (Å²) in [5.41, 5.74) is 1.45. The molecule has 11 heteroatoms. The summed E-state index contributed by atoms with van der Waals surface area (Å²) in [4.78, 5) is 43.6. The molecule has 8 nitrogen and oxygen atoms in total. The van der Waals surface area contributed by atoms with Gasteiger partial charge in [-0.15, -0.1) is 0 Å². The van der Waals surface area contributed by atoms with E-state index in [1.165, 1.54) is 18.2 Å². The standard InChI is InChI=1S/C33H34F3N3O5/c1-21(2)29-32(43)38(20-28(40)37-26(30(41)33(34,35)36)17-22-11-6-4-7-12-22)27(24-15-10-16-25(18-24)44-3)19-39(29)31(42)23-13-8-5-9-14-23/h4-16,18-19,21,26,29-30,41H,17,20H2,1-3H3,(H,37,40). The first-order valence-corrected chi connectivity index (χ1v) is 14.0. The van der Waals surface area contributed by atoms with Crippen LogP contribution in [0.25, 0.3) is 5.70 Å². The Bertz CT molecular complexity index is 1500. The van der Waals surface area contributed by atoms with E-state index in [1.54, 1.807) is 98.8 Å². The summed E-state index contributed by atoms with van der Waals surface area (Å²) in [6, 6.07) is 20.5. The molecule has 0 spiro atoms. The number of carbonyl (C=O) groups is 3. The first-order chi connectivity index (χ1) is 20.9. The molecule has 44 heavy (non-hydrogen) atoms. The average molecular weight is 610 g/mol. The molecule has 2 N–H and O–H groups in total. The largest absolute Gasteiger partial charge is 0.497 e. The molecular formula is C33H34F3N3O5. The van der Waals surface area contributed by atoms with Crippen LogP contribution in [0.4, 0.5) is 13.2 Å². The monoisotopic (exact) mass is 609 g/mol. The number of nitrogens with zero attached hydrogens (tertiary/aromatic N) is 2. The number of methoxy groups -OCH3 is 1. The van der Waals surface area contributed by atoms with Gasteiger partial charge in [-0.05, 0) is 42.2 Å². The van der Waals surface area contributed by atoms with Gasteiger partial charge in [0.25, 0.3) is 11.8 Å². The topological polar surface area (TPSA) is 99.2 Å². The first kappa shape index (κ1) is 32.3. The second-order valence-corrected chi connectivity index (χ2v) is 10.8. The van der Waals surface area contributed by atoms with Gasteiger partial charge in [-0.3, -0.25) is 19.3 Å². The van der Waals surface area contributed by atoms with E-state index in [0.29, 0.717) is 22.4 Å². The van der Waals surface area contributed by atoms with Crippen LogP contribution in [-0.4, -0.2) is 70.6 Å². The minimum atomic E-state index is -5.00. The highest BCUT2D eigenvalue weighted by atomic mass is 19.4. The van der Waals surface area contributed by atoms with Gasteiger partial charge in [-0.2, -0.15) is 13.2 Å². The molecule has 0 saturated heterocycles. The van der Waals surface area contributed by atoms with Gasteiger partial charge in [0.1, 0.15) is 18.3 Å². The third-order valence-corrected chi connectivity index (χ3v) is 7.29. The number of hydrogen-bond donors (Lipinski definition) is 2. The Morgan fingerprint density at radius 1 is 0.977 bits per heavy atom. The van der Waals surface area contributed by atoms with Crippen molar-refractivity contribution in [1.29, 1.82) is 0 Å². The zero-order valence-electron chi connectivity index (χ0n) is 24.5. The van der Waals surface area contributed by atoms with E-state index in [-0.39, 0.29) is 18.0 Å². The molecule has 0 aromatic heterocycles. The average Bonchev–Trinajstić information content (AvgIpc) is 3.01. The van der Waals surface area contributed by atoms with E-state index in [2.05, 4.69) is 5.32 Å². The normalized spacial score (nSPS) is 16.8. The molecule has 1 aliphatic heterocycles. The molecule has 1 heterocycles. The molecule has 0 fully saturated rings. The fourth-order valence-corrected chi connectivity index (χ4v) is 5.11. The van der Waals surface area contributed by atoms with Gasteiger partial charge < -0.3 is 20.1 Å². The van der Waals surface area contributed by atoms with E-state index in [1.807, 2.05) is 0 Å². The summed E-state index contributed by atoms with van der Waals surface area (Å²) in [6.45, 7) is 2.85. The molecule has 0 aliphatic carbocycles. The molecule has 1 aliphatic rings. The summed E-state index contributed by atoms with van der Waals surface area (Å²) in [7, 11) is 1.46. The molecule has 0 bridgehead atoms. The second-order valence-electron chi connectivity index (χ2n) is 10.8. The van der Waals surface area contributed by atoms with Crippen molar-refractivity contribution in [3.05, 3.63) is 108 Å². The number of hydrogen-bond acceptors (Lipinski definition) is 5. The smallest absolute Gasteiger partial charge is 0.416 e. The van der Waals surface area contributed by atoms with Gasteiger partial charge in [0, 0.05) is 17.3 Å². The van der Waals surface area contributed by atoms with E-state index in [0.717, 1.165) is 4.90 Å². The highest BCUT2D eigenvalue weighted by Crippen LogP contribution is 2.32. The summed E-state index contributed by atoms with van der Waals surface area (Å²) in [5.74, 6) is -1.87. The zero-order chi connectivity index (χ0) is 32.0. The molecule has 0 saturated carbocycles. The van der Waals surface area contributed by atoms with Crippen molar-refractivity contribution in [2.24, 2.45) is 5.92 Å². The maximum atomic E-state index is 14.1. The van der Waals surface area contributed by atoms with E-state index < -0.39 is 48.6 Å². The summed E-state index contributed by atoms with van der Waals surface area (Å²) in [6.07, 6.45) is -6.66. The minimum absolute atomic E-state index is 0.182. The summed E-state index contributed by atoms with van der Waals surface area (Å²) >= 11 is 0. The Labute approximate surface area is 253 Å². The first-order valence-electron chi connectivity index (χ1n) is 14.0. The number of alkyl halides is 3. The highest BCUT2D eigenvalue weighted by Gasteiger charge is 2.45. The Balaban J connectivity index is 1.72. The minimum Gasteiger partial charge on any atom is -0.497 e. The lowest BCUT2D eigenvalue weighted by atomic mass is 9.96. The number of rotatable bonds is 10. The van der Waals surface area contributed by atoms with E-state index >= 15 is 0 Å². The Kier molecular flexibility index (Phi) is 10.1. The number of carbonyl (C=O) groups excluding carboxylic acids is 3. The molecule has 3 atom stereocenters. The van der Waals surface area contributed by atoms with Crippen LogP contribution in [-0.2, 0) is 16.0 Å². The molecule has 232 valence electrons. The third kappa shape index (κ3) is 7.46. The van der Waals surface area contributed by atoms with Crippen LogP contribution >= 0.6 is 0 Å². The molecule has 3 aromatic carbocycles. The maximum Gasteiger partial charge on any atom is 0.416 e. The van der Waals surface area contributed by atoms with Crippen LogP contribution < -0.4 is 10.1 Å². The van der Waals surface area contributed by atoms with Crippen LogP contribution in [0, 0.1) is 5.92 Å².